The molecule has 3 aromatic carbocycles. The van der Waals surface area contributed by atoms with E-state index in [9.17, 15) is 9.59 Å². The Kier molecular flexibility index (Phi) is 5.56. The SMILES string of the molecule is COc1ccc(OC)c(NC(=O)COC(=O)c2cccc3ccccc23)c1. The number of rotatable bonds is 6. The number of amides is 1. The normalized spacial score (nSPS) is 10.3. The lowest BCUT2D eigenvalue weighted by atomic mass is 10.1. The third kappa shape index (κ3) is 4.17. The van der Waals surface area contributed by atoms with Crippen LogP contribution in [-0.2, 0) is 9.53 Å². The highest BCUT2D eigenvalue weighted by Gasteiger charge is 2.14. The van der Waals surface area contributed by atoms with Crippen molar-refractivity contribution in [1.29, 1.82) is 0 Å². The van der Waals surface area contributed by atoms with E-state index in [1.165, 1.54) is 14.2 Å². The number of benzene rings is 3. The lowest BCUT2D eigenvalue weighted by Crippen LogP contribution is -2.21. The number of ether oxygens (including phenoxy) is 3. The minimum atomic E-state index is -0.556. The van der Waals surface area contributed by atoms with Gasteiger partial charge in [0.25, 0.3) is 5.91 Å². The minimum absolute atomic E-state index is 0.414. The quantitative estimate of drug-likeness (QED) is 0.675. The number of nitrogens with one attached hydrogen (secondary N) is 1. The van der Waals surface area contributed by atoms with Gasteiger partial charge in [-0.2, -0.15) is 0 Å². The maximum atomic E-state index is 12.4. The van der Waals surface area contributed by atoms with Crippen LogP contribution in [-0.4, -0.2) is 32.7 Å². The van der Waals surface area contributed by atoms with Crippen molar-refractivity contribution in [2.45, 2.75) is 0 Å². The van der Waals surface area contributed by atoms with Crippen LogP contribution >= 0.6 is 0 Å². The van der Waals surface area contributed by atoms with Gasteiger partial charge in [-0.05, 0) is 29.0 Å². The van der Waals surface area contributed by atoms with Crippen LogP contribution in [0.25, 0.3) is 10.8 Å². The summed E-state index contributed by atoms with van der Waals surface area (Å²) in [6.07, 6.45) is 0. The van der Waals surface area contributed by atoms with Crippen molar-refractivity contribution in [2.24, 2.45) is 0 Å². The number of fused-ring (bicyclic) bond motifs is 1. The molecule has 0 unspecified atom stereocenters. The van der Waals surface area contributed by atoms with E-state index in [2.05, 4.69) is 5.32 Å². The van der Waals surface area contributed by atoms with Gasteiger partial charge in [0.2, 0.25) is 0 Å². The van der Waals surface area contributed by atoms with Crippen LogP contribution in [0.2, 0.25) is 0 Å². The molecule has 0 aliphatic carbocycles. The summed E-state index contributed by atoms with van der Waals surface area (Å²) in [5.74, 6) is 0.0121. The summed E-state index contributed by atoms with van der Waals surface area (Å²) in [4.78, 5) is 24.6. The van der Waals surface area contributed by atoms with E-state index in [1.807, 2.05) is 30.3 Å². The molecule has 0 aromatic heterocycles. The van der Waals surface area contributed by atoms with Crippen molar-refractivity contribution in [1.82, 2.24) is 0 Å². The molecule has 0 bridgehead atoms. The lowest BCUT2D eigenvalue weighted by Gasteiger charge is -2.12. The van der Waals surface area contributed by atoms with Gasteiger partial charge in [0, 0.05) is 6.07 Å². The average Bonchev–Trinajstić information content (AvgIpc) is 2.71. The Balaban J connectivity index is 1.68. The van der Waals surface area contributed by atoms with Crippen molar-refractivity contribution in [3.8, 4) is 11.5 Å². The van der Waals surface area contributed by atoms with Gasteiger partial charge in [-0.15, -0.1) is 0 Å². The third-order valence-corrected chi connectivity index (χ3v) is 4.02. The zero-order valence-corrected chi connectivity index (χ0v) is 15.0. The second kappa shape index (κ2) is 8.23. The zero-order valence-electron chi connectivity index (χ0n) is 15.0. The molecule has 0 spiro atoms. The second-order valence-electron chi connectivity index (χ2n) is 5.72. The Morgan fingerprint density at radius 2 is 1.70 bits per heavy atom. The Bertz CT molecular complexity index is 978. The van der Waals surface area contributed by atoms with E-state index >= 15 is 0 Å². The Hall–Kier alpha value is -3.54. The molecule has 6 heteroatoms. The van der Waals surface area contributed by atoms with Crippen LogP contribution in [0.1, 0.15) is 10.4 Å². The summed E-state index contributed by atoms with van der Waals surface area (Å²) in [7, 11) is 3.03. The van der Waals surface area contributed by atoms with Gasteiger partial charge < -0.3 is 19.5 Å². The molecule has 3 rings (SSSR count). The number of hydrogen-bond donors (Lipinski definition) is 1. The summed E-state index contributed by atoms with van der Waals surface area (Å²) >= 11 is 0. The van der Waals surface area contributed by atoms with Gasteiger partial charge in [-0.25, -0.2) is 4.79 Å². The molecule has 1 amide bonds. The summed E-state index contributed by atoms with van der Waals surface area (Å²) in [6, 6.07) is 17.9. The fraction of sp³-hybridized carbons (Fsp3) is 0.143. The number of carbonyl (C=O) groups is 2. The summed E-state index contributed by atoms with van der Waals surface area (Å²) < 4.78 is 15.5. The summed E-state index contributed by atoms with van der Waals surface area (Å²) in [6.45, 7) is -0.414. The average molecular weight is 365 g/mol. The molecule has 0 saturated carbocycles. The molecule has 0 heterocycles. The van der Waals surface area contributed by atoms with Crippen LogP contribution < -0.4 is 14.8 Å². The van der Waals surface area contributed by atoms with Crippen molar-refractivity contribution in [2.75, 3.05) is 26.1 Å². The molecular formula is C21H19NO5. The van der Waals surface area contributed by atoms with Crippen LogP contribution in [0.15, 0.2) is 60.7 Å². The molecule has 0 radical (unpaired) electrons. The number of anilines is 1. The zero-order chi connectivity index (χ0) is 19.2. The Labute approximate surface area is 156 Å². The highest BCUT2D eigenvalue weighted by molar-refractivity contribution is 6.05. The van der Waals surface area contributed by atoms with Crippen LogP contribution in [0.4, 0.5) is 5.69 Å². The Morgan fingerprint density at radius 3 is 2.48 bits per heavy atom. The van der Waals surface area contributed by atoms with Crippen LogP contribution in [0, 0.1) is 0 Å². The van der Waals surface area contributed by atoms with Gasteiger partial charge >= 0.3 is 5.97 Å². The predicted octanol–water partition coefficient (Wildman–Crippen LogP) is 3.65. The second-order valence-corrected chi connectivity index (χ2v) is 5.72. The van der Waals surface area contributed by atoms with E-state index in [0.29, 0.717) is 22.7 Å². The molecule has 0 fully saturated rings. The van der Waals surface area contributed by atoms with Gasteiger partial charge in [0.1, 0.15) is 11.5 Å². The Morgan fingerprint density at radius 1 is 0.926 bits per heavy atom. The first-order valence-electron chi connectivity index (χ1n) is 8.29. The van der Waals surface area contributed by atoms with E-state index in [0.717, 1.165) is 10.8 Å². The highest BCUT2D eigenvalue weighted by atomic mass is 16.5. The van der Waals surface area contributed by atoms with E-state index in [4.69, 9.17) is 14.2 Å². The summed E-state index contributed by atoms with van der Waals surface area (Å²) in [5.41, 5.74) is 0.850. The fourth-order valence-corrected chi connectivity index (χ4v) is 2.71. The lowest BCUT2D eigenvalue weighted by molar-refractivity contribution is -0.119. The monoisotopic (exact) mass is 365 g/mol. The van der Waals surface area contributed by atoms with E-state index in [-0.39, 0.29) is 0 Å². The smallest absolute Gasteiger partial charge is 0.339 e. The number of hydrogen-bond acceptors (Lipinski definition) is 5. The van der Waals surface area contributed by atoms with Gasteiger partial charge in [0.15, 0.2) is 6.61 Å². The van der Waals surface area contributed by atoms with E-state index < -0.39 is 18.5 Å². The van der Waals surface area contributed by atoms with Gasteiger partial charge in [0.05, 0.1) is 25.5 Å². The topological polar surface area (TPSA) is 73.9 Å². The number of esters is 1. The molecule has 0 saturated heterocycles. The standard InChI is InChI=1S/C21H19NO5/c1-25-15-10-11-19(26-2)18(12-15)22-20(23)13-27-21(24)17-9-5-7-14-6-3-4-8-16(14)17/h3-12H,13H2,1-2H3,(H,22,23). The first-order chi connectivity index (χ1) is 13.1. The molecule has 6 nitrogen and oxygen atoms in total. The molecule has 27 heavy (non-hydrogen) atoms. The largest absolute Gasteiger partial charge is 0.497 e. The van der Waals surface area contributed by atoms with Gasteiger partial charge in [-0.1, -0.05) is 36.4 Å². The molecule has 0 aliphatic rings. The van der Waals surface area contributed by atoms with E-state index in [1.54, 1.807) is 30.3 Å². The summed E-state index contributed by atoms with van der Waals surface area (Å²) in [5, 5.41) is 4.36. The maximum absolute atomic E-state index is 12.4. The fourth-order valence-electron chi connectivity index (χ4n) is 2.71. The number of methoxy groups -OCH3 is 2. The van der Waals surface area contributed by atoms with Crippen molar-refractivity contribution in [3.05, 3.63) is 66.2 Å². The number of carbonyl (C=O) groups excluding carboxylic acids is 2. The first kappa shape index (κ1) is 18.3. The van der Waals surface area contributed by atoms with Crippen molar-refractivity contribution < 1.29 is 23.8 Å². The van der Waals surface area contributed by atoms with Crippen molar-refractivity contribution in [3.63, 3.8) is 0 Å². The molecule has 3 aromatic rings. The van der Waals surface area contributed by atoms with Gasteiger partial charge in [-0.3, -0.25) is 4.79 Å². The van der Waals surface area contributed by atoms with Crippen LogP contribution in [0.5, 0.6) is 11.5 Å². The molecule has 1 N–H and O–H groups in total. The molecule has 0 aliphatic heterocycles. The highest BCUT2D eigenvalue weighted by Crippen LogP contribution is 2.28. The molecule has 0 atom stereocenters. The minimum Gasteiger partial charge on any atom is -0.497 e. The predicted molar refractivity (Wildman–Crippen MR) is 102 cm³/mol. The first-order valence-corrected chi connectivity index (χ1v) is 8.29. The third-order valence-electron chi connectivity index (χ3n) is 4.02. The molecular weight excluding hydrogens is 346 g/mol. The van der Waals surface area contributed by atoms with Crippen molar-refractivity contribution >= 4 is 28.3 Å². The maximum Gasteiger partial charge on any atom is 0.339 e. The van der Waals surface area contributed by atoms with Crippen LogP contribution in [0.3, 0.4) is 0 Å². The molecule has 138 valence electrons.